The second kappa shape index (κ2) is 5.67. The van der Waals surface area contributed by atoms with Crippen molar-refractivity contribution in [3.05, 3.63) is 55.6 Å². The molecule has 0 aliphatic heterocycles. The molecule has 0 saturated heterocycles. The van der Waals surface area contributed by atoms with Crippen LogP contribution < -0.4 is 0 Å². The summed E-state index contributed by atoms with van der Waals surface area (Å²) in [6.07, 6.45) is 0.966. The first-order chi connectivity index (χ1) is 7.68. The summed E-state index contributed by atoms with van der Waals surface area (Å²) in [5.74, 6) is 0. The number of thiophene rings is 1. The average molecular weight is 381 g/mol. The van der Waals surface area contributed by atoms with Gasteiger partial charge in [-0.15, -0.1) is 11.3 Å². The van der Waals surface area contributed by atoms with Crippen LogP contribution in [-0.4, -0.2) is 0 Å². The highest BCUT2D eigenvalue weighted by Gasteiger charge is 2.14. The molecule has 0 spiro atoms. The van der Waals surface area contributed by atoms with Crippen LogP contribution in [0.1, 0.15) is 15.3 Å². The van der Waals surface area contributed by atoms with Gasteiger partial charge in [0, 0.05) is 14.2 Å². The maximum absolute atomic E-state index is 6.25. The van der Waals surface area contributed by atoms with Gasteiger partial charge in [0.1, 0.15) is 0 Å². The molecule has 1 heterocycles. The zero-order valence-corrected chi connectivity index (χ0v) is 13.0. The first kappa shape index (κ1) is 12.6. The lowest BCUT2D eigenvalue weighted by Gasteiger charge is -2.11. The van der Waals surface area contributed by atoms with Crippen molar-refractivity contribution >= 4 is 54.8 Å². The highest BCUT2D eigenvalue weighted by molar-refractivity contribution is 9.10. The molecule has 0 nitrogen and oxygen atoms in total. The minimum absolute atomic E-state index is 0.260. The largest absolute Gasteiger partial charge is 0.149 e. The highest BCUT2D eigenvalue weighted by Crippen LogP contribution is 2.36. The Morgan fingerprint density at radius 1 is 1.25 bits per heavy atom. The number of halogens is 3. The minimum atomic E-state index is 0.260. The Hall–Kier alpha value is 0.170. The number of alkyl halides is 1. The Balaban J connectivity index is 2.21. The summed E-state index contributed by atoms with van der Waals surface area (Å²) >= 11 is 15.2. The van der Waals surface area contributed by atoms with E-state index in [1.54, 1.807) is 11.3 Å². The van der Waals surface area contributed by atoms with E-state index in [9.17, 15) is 0 Å². The molecule has 1 aromatic heterocycles. The van der Waals surface area contributed by atoms with Gasteiger partial charge in [-0.05, 0) is 45.4 Å². The topological polar surface area (TPSA) is 0 Å². The van der Waals surface area contributed by atoms with Crippen molar-refractivity contribution in [2.75, 3.05) is 0 Å². The molecule has 0 aliphatic carbocycles. The molecule has 0 saturated carbocycles. The Bertz CT molecular complexity index is 468. The number of benzene rings is 1. The zero-order valence-electron chi connectivity index (χ0n) is 8.29. The maximum atomic E-state index is 6.25. The fourth-order valence-corrected chi connectivity index (χ4v) is 3.95. The van der Waals surface area contributed by atoms with Crippen molar-refractivity contribution in [2.24, 2.45) is 0 Å². The van der Waals surface area contributed by atoms with Gasteiger partial charge in [-0.2, -0.15) is 0 Å². The molecule has 0 aliphatic rings. The molecule has 0 bridgehead atoms. The van der Waals surface area contributed by atoms with Gasteiger partial charge in [0.15, 0.2) is 0 Å². The van der Waals surface area contributed by atoms with Gasteiger partial charge in [-0.1, -0.05) is 45.7 Å². The lowest BCUT2D eigenvalue weighted by atomic mass is 10.1. The molecule has 0 radical (unpaired) electrons. The Labute approximate surface area is 121 Å². The second-order valence-corrected chi connectivity index (χ2v) is 6.76. The third kappa shape index (κ3) is 2.89. The molecule has 1 atom stereocenters. The summed E-state index contributed by atoms with van der Waals surface area (Å²) in [5, 5.41) is 2.89. The van der Waals surface area contributed by atoms with Gasteiger partial charge in [0.2, 0.25) is 0 Å². The fraction of sp³-hybridized carbons (Fsp3) is 0.167. The monoisotopic (exact) mass is 378 g/mol. The van der Waals surface area contributed by atoms with E-state index in [1.165, 1.54) is 4.88 Å². The van der Waals surface area contributed by atoms with E-state index in [4.69, 9.17) is 11.6 Å². The van der Waals surface area contributed by atoms with E-state index in [1.807, 2.05) is 12.1 Å². The molecule has 0 N–H and O–H groups in total. The van der Waals surface area contributed by atoms with Crippen LogP contribution in [0.25, 0.3) is 0 Å². The lowest BCUT2D eigenvalue weighted by Crippen LogP contribution is -1.94. The SMILES string of the molecule is Clc1c(Br)cccc1C(Br)Cc1cccs1. The van der Waals surface area contributed by atoms with E-state index in [0.29, 0.717) is 0 Å². The standard InChI is InChI=1S/C12H9Br2ClS/c13-10-5-1-4-9(12(10)15)11(14)7-8-3-2-6-16-8/h1-6,11H,7H2. The Morgan fingerprint density at radius 3 is 2.75 bits per heavy atom. The molecular formula is C12H9Br2ClS. The molecule has 0 fully saturated rings. The van der Waals surface area contributed by atoms with Crippen LogP contribution >= 0.6 is 54.8 Å². The highest BCUT2D eigenvalue weighted by atomic mass is 79.9. The summed E-state index contributed by atoms with van der Waals surface area (Å²) in [6.45, 7) is 0. The first-order valence-corrected chi connectivity index (χ1v) is 7.75. The zero-order chi connectivity index (χ0) is 11.5. The number of hydrogen-bond acceptors (Lipinski definition) is 1. The van der Waals surface area contributed by atoms with Gasteiger partial charge < -0.3 is 0 Å². The third-order valence-electron chi connectivity index (χ3n) is 2.28. The Kier molecular flexibility index (Phi) is 4.48. The quantitative estimate of drug-likeness (QED) is 0.587. The molecule has 0 amide bonds. The summed E-state index contributed by atoms with van der Waals surface area (Å²) in [6, 6.07) is 10.2. The van der Waals surface area contributed by atoms with Crippen molar-refractivity contribution in [1.29, 1.82) is 0 Å². The van der Waals surface area contributed by atoms with E-state index < -0.39 is 0 Å². The van der Waals surface area contributed by atoms with E-state index in [0.717, 1.165) is 21.5 Å². The molecule has 84 valence electrons. The Morgan fingerprint density at radius 2 is 2.06 bits per heavy atom. The summed E-state index contributed by atoms with van der Waals surface area (Å²) in [7, 11) is 0. The van der Waals surface area contributed by atoms with Gasteiger partial charge in [0.05, 0.1) is 5.02 Å². The van der Waals surface area contributed by atoms with E-state index in [-0.39, 0.29) is 4.83 Å². The van der Waals surface area contributed by atoms with Crippen LogP contribution in [-0.2, 0) is 6.42 Å². The molecule has 16 heavy (non-hydrogen) atoms. The molecule has 1 unspecified atom stereocenters. The second-order valence-electron chi connectivity index (χ2n) is 3.39. The predicted octanol–water partition coefficient (Wildman–Crippen LogP) is 5.84. The van der Waals surface area contributed by atoms with Gasteiger partial charge in [0.25, 0.3) is 0 Å². The summed E-state index contributed by atoms with van der Waals surface area (Å²) < 4.78 is 0.947. The number of rotatable bonds is 3. The third-order valence-corrected chi connectivity index (χ3v) is 5.31. The van der Waals surface area contributed by atoms with Gasteiger partial charge in [-0.25, -0.2) is 0 Å². The van der Waals surface area contributed by atoms with E-state index in [2.05, 4.69) is 55.4 Å². The van der Waals surface area contributed by atoms with Crippen LogP contribution in [0.4, 0.5) is 0 Å². The molecule has 1 aromatic carbocycles. The lowest BCUT2D eigenvalue weighted by molar-refractivity contribution is 0.968. The van der Waals surface area contributed by atoms with Crippen molar-refractivity contribution in [3.8, 4) is 0 Å². The molecule has 4 heteroatoms. The fourth-order valence-electron chi connectivity index (χ4n) is 1.48. The van der Waals surface area contributed by atoms with Crippen LogP contribution in [0, 0.1) is 0 Å². The van der Waals surface area contributed by atoms with Crippen LogP contribution in [0.5, 0.6) is 0 Å². The van der Waals surface area contributed by atoms with Crippen molar-refractivity contribution in [3.63, 3.8) is 0 Å². The average Bonchev–Trinajstić information content (AvgIpc) is 2.74. The van der Waals surface area contributed by atoms with Gasteiger partial charge in [-0.3, -0.25) is 0 Å². The van der Waals surface area contributed by atoms with Gasteiger partial charge >= 0.3 is 0 Å². The smallest absolute Gasteiger partial charge is 0.0591 e. The van der Waals surface area contributed by atoms with Crippen LogP contribution in [0.2, 0.25) is 5.02 Å². The maximum Gasteiger partial charge on any atom is 0.0591 e. The van der Waals surface area contributed by atoms with Crippen molar-refractivity contribution in [1.82, 2.24) is 0 Å². The van der Waals surface area contributed by atoms with Crippen molar-refractivity contribution in [2.45, 2.75) is 11.2 Å². The molecule has 2 rings (SSSR count). The van der Waals surface area contributed by atoms with Crippen molar-refractivity contribution < 1.29 is 0 Å². The summed E-state index contributed by atoms with van der Waals surface area (Å²) in [5.41, 5.74) is 1.13. The number of hydrogen-bond donors (Lipinski definition) is 0. The van der Waals surface area contributed by atoms with Crippen LogP contribution in [0.15, 0.2) is 40.2 Å². The normalized spacial score (nSPS) is 12.7. The minimum Gasteiger partial charge on any atom is -0.149 e. The molecule has 2 aromatic rings. The molecular weight excluding hydrogens is 371 g/mol. The van der Waals surface area contributed by atoms with E-state index >= 15 is 0 Å². The summed E-state index contributed by atoms with van der Waals surface area (Å²) in [4.78, 5) is 1.62. The van der Waals surface area contributed by atoms with Crippen LogP contribution in [0.3, 0.4) is 0 Å². The first-order valence-electron chi connectivity index (χ1n) is 4.79. The predicted molar refractivity (Wildman–Crippen MR) is 78.8 cm³/mol.